The topological polar surface area (TPSA) is 70.0 Å². The highest BCUT2D eigenvalue weighted by Crippen LogP contribution is 2.26. The van der Waals surface area contributed by atoms with Crippen molar-refractivity contribution in [3.05, 3.63) is 48.0 Å². The van der Waals surface area contributed by atoms with Crippen molar-refractivity contribution in [3.8, 4) is 23.3 Å². The molecule has 3 aromatic rings. The number of hydrogen-bond donors (Lipinski definition) is 1. The first-order chi connectivity index (χ1) is 8.76. The van der Waals surface area contributed by atoms with Gasteiger partial charge in [-0.3, -0.25) is 0 Å². The normalized spacial score (nSPS) is 10.4. The van der Waals surface area contributed by atoms with Gasteiger partial charge in [0, 0.05) is 11.6 Å². The average molecular weight is 236 g/mol. The second kappa shape index (κ2) is 3.90. The third-order valence-electron chi connectivity index (χ3n) is 2.63. The Morgan fingerprint density at radius 2 is 1.89 bits per heavy atom. The Morgan fingerprint density at radius 3 is 2.61 bits per heavy atom. The maximum atomic E-state index is 9.35. The monoisotopic (exact) mass is 236 g/mol. The number of phenolic OH excluding ortho intramolecular Hbond substituents is 1. The van der Waals surface area contributed by atoms with Crippen LogP contribution in [0.5, 0.6) is 5.75 Å². The van der Waals surface area contributed by atoms with Gasteiger partial charge in [0.2, 0.25) is 5.89 Å². The van der Waals surface area contributed by atoms with Crippen LogP contribution >= 0.6 is 0 Å². The van der Waals surface area contributed by atoms with Crippen molar-refractivity contribution in [1.82, 2.24) is 4.98 Å². The zero-order valence-corrected chi connectivity index (χ0v) is 9.29. The molecule has 0 saturated carbocycles. The van der Waals surface area contributed by atoms with Gasteiger partial charge in [0.05, 0.1) is 11.6 Å². The fourth-order valence-electron chi connectivity index (χ4n) is 1.72. The number of aromatic hydroxyl groups is 1. The van der Waals surface area contributed by atoms with E-state index in [-0.39, 0.29) is 5.75 Å². The van der Waals surface area contributed by atoms with Crippen LogP contribution in [0.2, 0.25) is 0 Å². The molecule has 0 atom stereocenters. The Bertz CT molecular complexity index is 752. The second-order valence-corrected chi connectivity index (χ2v) is 3.86. The lowest BCUT2D eigenvalue weighted by Gasteiger charge is -1.94. The summed E-state index contributed by atoms with van der Waals surface area (Å²) in [5.74, 6) is 0.616. The Labute approximate surface area is 103 Å². The minimum atomic E-state index is 0.144. The van der Waals surface area contributed by atoms with Crippen molar-refractivity contribution in [1.29, 1.82) is 5.26 Å². The van der Waals surface area contributed by atoms with Gasteiger partial charge in [0.15, 0.2) is 5.58 Å². The molecule has 1 N–H and O–H groups in total. The number of rotatable bonds is 1. The molecule has 0 bridgehead atoms. The largest absolute Gasteiger partial charge is 0.508 e. The third kappa shape index (κ3) is 1.68. The Balaban J connectivity index is 2.10. The van der Waals surface area contributed by atoms with Crippen LogP contribution in [0.25, 0.3) is 22.6 Å². The molecule has 1 aromatic heterocycles. The summed E-state index contributed by atoms with van der Waals surface area (Å²) in [6, 6.07) is 13.8. The number of aromatic nitrogens is 1. The molecule has 0 spiro atoms. The van der Waals surface area contributed by atoms with E-state index in [0.717, 1.165) is 5.56 Å². The lowest BCUT2D eigenvalue weighted by Crippen LogP contribution is -1.78. The number of benzene rings is 2. The lowest BCUT2D eigenvalue weighted by atomic mass is 10.1. The van der Waals surface area contributed by atoms with E-state index in [1.807, 2.05) is 0 Å². The predicted octanol–water partition coefficient (Wildman–Crippen LogP) is 3.07. The number of nitrogens with zero attached hydrogens (tertiary/aromatic N) is 2. The smallest absolute Gasteiger partial charge is 0.227 e. The van der Waals surface area contributed by atoms with Gasteiger partial charge in [-0.1, -0.05) is 0 Å². The van der Waals surface area contributed by atoms with E-state index in [9.17, 15) is 5.11 Å². The molecule has 1 heterocycles. The molecule has 86 valence electrons. The minimum Gasteiger partial charge on any atom is -0.508 e. The van der Waals surface area contributed by atoms with Crippen LogP contribution in [0.3, 0.4) is 0 Å². The number of hydrogen-bond acceptors (Lipinski definition) is 4. The summed E-state index contributed by atoms with van der Waals surface area (Å²) in [5, 5.41) is 18.1. The van der Waals surface area contributed by atoms with Crippen LogP contribution in [0.4, 0.5) is 0 Å². The van der Waals surface area contributed by atoms with E-state index in [2.05, 4.69) is 11.1 Å². The summed E-state index contributed by atoms with van der Waals surface area (Å²) in [6.45, 7) is 0. The predicted molar refractivity (Wildman–Crippen MR) is 65.8 cm³/mol. The van der Waals surface area contributed by atoms with Gasteiger partial charge < -0.3 is 9.52 Å². The molecule has 3 rings (SSSR count). The molecular formula is C14H8N2O2. The van der Waals surface area contributed by atoms with Crippen molar-refractivity contribution in [2.75, 3.05) is 0 Å². The first-order valence-electron chi connectivity index (χ1n) is 5.36. The number of nitriles is 1. The first-order valence-corrected chi connectivity index (χ1v) is 5.36. The summed E-state index contributed by atoms with van der Waals surface area (Å²) >= 11 is 0. The molecular weight excluding hydrogens is 228 g/mol. The highest BCUT2D eigenvalue weighted by molar-refractivity contribution is 5.77. The summed E-state index contributed by atoms with van der Waals surface area (Å²) in [7, 11) is 0. The van der Waals surface area contributed by atoms with Crippen LogP contribution < -0.4 is 0 Å². The van der Waals surface area contributed by atoms with Gasteiger partial charge in [-0.25, -0.2) is 4.98 Å². The Morgan fingerprint density at radius 1 is 1.11 bits per heavy atom. The standard InChI is InChI=1S/C14H8N2O2/c15-8-9-1-3-10(4-2-9)14-16-12-6-5-11(17)7-13(12)18-14/h1-7,17H. The van der Waals surface area contributed by atoms with Gasteiger partial charge in [0.25, 0.3) is 0 Å². The Kier molecular flexibility index (Phi) is 2.24. The summed E-state index contributed by atoms with van der Waals surface area (Å²) in [6.07, 6.45) is 0. The molecule has 0 aliphatic heterocycles. The highest BCUT2D eigenvalue weighted by Gasteiger charge is 2.08. The van der Waals surface area contributed by atoms with Crippen molar-refractivity contribution >= 4 is 11.1 Å². The molecule has 0 radical (unpaired) electrons. The van der Waals surface area contributed by atoms with E-state index in [4.69, 9.17) is 9.68 Å². The zero-order valence-electron chi connectivity index (χ0n) is 9.29. The van der Waals surface area contributed by atoms with Gasteiger partial charge in [0.1, 0.15) is 11.3 Å². The molecule has 4 heteroatoms. The highest BCUT2D eigenvalue weighted by atomic mass is 16.3. The van der Waals surface area contributed by atoms with E-state index >= 15 is 0 Å². The van der Waals surface area contributed by atoms with Crippen LogP contribution in [0.1, 0.15) is 5.56 Å². The van der Waals surface area contributed by atoms with Crippen molar-refractivity contribution in [2.45, 2.75) is 0 Å². The van der Waals surface area contributed by atoms with Crippen LogP contribution in [-0.2, 0) is 0 Å². The molecule has 0 amide bonds. The van der Waals surface area contributed by atoms with Gasteiger partial charge in [-0.15, -0.1) is 0 Å². The fourth-order valence-corrected chi connectivity index (χ4v) is 1.72. The van der Waals surface area contributed by atoms with E-state index in [0.29, 0.717) is 22.6 Å². The molecule has 0 aliphatic carbocycles. The van der Waals surface area contributed by atoms with Gasteiger partial charge in [-0.05, 0) is 36.4 Å². The minimum absolute atomic E-state index is 0.144. The molecule has 2 aromatic carbocycles. The molecule has 4 nitrogen and oxygen atoms in total. The van der Waals surface area contributed by atoms with Gasteiger partial charge in [-0.2, -0.15) is 5.26 Å². The van der Waals surface area contributed by atoms with Crippen molar-refractivity contribution in [3.63, 3.8) is 0 Å². The van der Waals surface area contributed by atoms with Crippen LogP contribution in [-0.4, -0.2) is 10.1 Å². The van der Waals surface area contributed by atoms with Crippen LogP contribution in [0.15, 0.2) is 46.9 Å². The molecule has 0 aliphatic rings. The van der Waals surface area contributed by atoms with Crippen molar-refractivity contribution < 1.29 is 9.52 Å². The van der Waals surface area contributed by atoms with Crippen molar-refractivity contribution in [2.24, 2.45) is 0 Å². The lowest BCUT2D eigenvalue weighted by molar-refractivity contribution is 0.474. The van der Waals surface area contributed by atoms with Crippen LogP contribution in [0, 0.1) is 11.3 Å². The summed E-state index contributed by atoms with van der Waals surface area (Å²) < 4.78 is 5.55. The summed E-state index contributed by atoms with van der Waals surface area (Å²) in [4.78, 5) is 4.32. The van der Waals surface area contributed by atoms with E-state index < -0.39 is 0 Å². The molecule has 18 heavy (non-hydrogen) atoms. The molecule has 0 saturated heterocycles. The number of fused-ring (bicyclic) bond motifs is 1. The third-order valence-corrected chi connectivity index (χ3v) is 2.63. The zero-order chi connectivity index (χ0) is 12.5. The Hall–Kier alpha value is -2.80. The first kappa shape index (κ1) is 10.4. The fraction of sp³-hybridized carbons (Fsp3) is 0. The number of phenols is 1. The summed E-state index contributed by atoms with van der Waals surface area (Å²) in [5.41, 5.74) is 2.61. The maximum absolute atomic E-state index is 9.35. The maximum Gasteiger partial charge on any atom is 0.227 e. The number of oxazole rings is 1. The van der Waals surface area contributed by atoms with Gasteiger partial charge >= 0.3 is 0 Å². The van der Waals surface area contributed by atoms with E-state index in [1.54, 1.807) is 36.4 Å². The average Bonchev–Trinajstić information content (AvgIpc) is 2.81. The van der Waals surface area contributed by atoms with E-state index in [1.165, 1.54) is 6.07 Å². The SMILES string of the molecule is N#Cc1ccc(-c2nc3ccc(O)cc3o2)cc1. The quantitative estimate of drug-likeness (QED) is 0.704. The molecule has 0 unspecified atom stereocenters. The molecule has 0 fully saturated rings. The second-order valence-electron chi connectivity index (χ2n) is 3.86.